The average Bonchev–Trinajstić information content (AvgIpc) is 3.37. The molecule has 1 saturated carbocycles. The maximum atomic E-state index is 13.1. The molecule has 0 unspecified atom stereocenters. The highest BCUT2D eigenvalue weighted by atomic mass is 35.5. The number of nitrogens with one attached hydrogen (secondary N) is 2. The first kappa shape index (κ1) is 17.4. The van der Waals surface area contributed by atoms with Crippen molar-refractivity contribution in [3.05, 3.63) is 52.8 Å². The van der Waals surface area contributed by atoms with E-state index in [9.17, 15) is 9.18 Å². The van der Waals surface area contributed by atoms with Crippen molar-refractivity contribution in [2.75, 3.05) is 19.5 Å². The fraction of sp³-hybridized carbons (Fsp3) is 0.278. The third kappa shape index (κ3) is 3.64. The molecule has 2 N–H and O–H groups in total. The first-order valence-electron chi connectivity index (χ1n) is 7.74. The molecule has 1 fully saturated rings. The first-order valence-corrected chi connectivity index (χ1v) is 8.12. The van der Waals surface area contributed by atoms with Crippen molar-refractivity contribution in [1.29, 1.82) is 0 Å². The second-order valence-corrected chi connectivity index (χ2v) is 6.26. The summed E-state index contributed by atoms with van der Waals surface area (Å²) in [6.45, 7) is 0. The number of urea groups is 1. The summed E-state index contributed by atoms with van der Waals surface area (Å²) in [5, 5.41) is 6.09. The van der Waals surface area contributed by atoms with Gasteiger partial charge in [-0.1, -0.05) is 23.7 Å². The average molecular weight is 365 g/mol. The number of methoxy groups -OCH3 is 2. The van der Waals surface area contributed by atoms with Crippen molar-refractivity contribution in [2.24, 2.45) is 0 Å². The summed E-state index contributed by atoms with van der Waals surface area (Å²) < 4.78 is 23.5. The van der Waals surface area contributed by atoms with Gasteiger partial charge in [0.15, 0.2) is 0 Å². The highest BCUT2D eigenvalue weighted by molar-refractivity contribution is 6.32. The van der Waals surface area contributed by atoms with Crippen molar-refractivity contribution in [3.8, 4) is 11.5 Å². The SMILES string of the molecule is COc1cc(NC(=O)NC2(c3ccc(F)cc3)CC2)c(OC)cc1Cl. The number of benzene rings is 2. The molecule has 0 radical (unpaired) electrons. The van der Waals surface area contributed by atoms with E-state index in [1.165, 1.54) is 26.4 Å². The second-order valence-electron chi connectivity index (χ2n) is 5.86. The zero-order valence-corrected chi connectivity index (χ0v) is 14.6. The van der Waals surface area contributed by atoms with Gasteiger partial charge in [-0.25, -0.2) is 9.18 Å². The van der Waals surface area contributed by atoms with Gasteiger partial charge in [0.05, 0.1) is 30.5 Å². The number of rotatable bonds is 5. The van der Waals surface area contributed by atoms with Crippen molar-refractivity contribution in [2.45, 2.75) is 18.4 Å². The van der Waals surface area contributed by atoms with Crippen LogP contribution in [-0.4, -0.2) is 20.3 Å². The van der Waals surface area contributed by atoms with E-state index in [0.29, 0.717) is 22.2 Å². The summed E-state index contributed by atoms with van der Waals surface area (Å²) in [5.41, 5.74) is 0.863. The normalized spacial score (nSPS) is 14.6. The molecule has 0 atom stereocenters. The summed E-state index contributed by atoms with van der Waals surface area (Å²) in [4.78, 5) is 12.4. The number of carbonyl (C=O) groups is 1. The van der Waals surface area contributed by atoms with Crippen LogP contribution in [0, 0.1) is 5.82 Å². The van der Waals surface area contributed by atoms with Crippen LogP contribution in [-0.2, 0) is 5.54 Å². The van der Waals surface area contributed by atoms with E-state index >= 15 is 0 Å². The lowest BCUT2D eigenvalue weighted by Gasteiger charge is -2.19. The molecule has 132 valence electrons. The van der Waals surface area contributed by atoms with Crippen LogP contribution in [0.1, 0.15) is 18.4 Å². The highest BCUT2D eigenvalue weighted by Crippen LogP contribution is 2.45. The molecular formula is C18H18ClFN2O3. The van der Waals surface area contributed by atoms with Gasteiger partial charge in [-0.2, -0.15) is 0 Å². The summed E-state index contributed by atoms with van der Waals surface area (Å²) in [7, 11) is 2.98. The molecule has 0 spiro atoms. The van der Waals surface area contributed by atoms with Crippen LogP contribution in [0.15, 0.2) is 36.4 Å². The number of ether oxygens (including phenoxy) is 2. The Balaban J connectivity index is 1.76. The lowest BCUT2D eigenvalue weighted by atomic mass is 10.1. The maximum Gasteiger partial charge on any atom is 0.320 e. The number of hydrogen-bond acceptors (Lipinski definition) is 3. The van der Waals surface area contributed by atoms with Gasteiger partial charge in [0.25, 0.3) is 0 Å². The summed E-state index contributed by atoms with van der Waals surface area (Å²) in [5.74, 6) is 0.548. The Labute approximate surface area is 150 Å². The van der Waals surface area contributed by atoms with Gasteiger partial charge in [0.1, 0.15) is 17.3 Å². The molecule has 1 aliphatic rings. The zero-order chi connectivity index (χ0) is 18.0. The third-order valence-corrected chi connectivity index (χ3v) is 4.52. The third-order valence-electron chi connectivity index (χ3n) is 4.22. The van der Waals surface area contributed by atoms with E-state index in [4.69, 9.17) is 21.1 Å². The minimum atomic E-state index is -0.457. The monoisotopic (exact) mass is 364 g/mol. The predicted molar refractivity (Wildman–Crippen MR) is 94.0 cm³/mol. The fourth-order valence-corrected chi connectivity index (χ4v) is 2.94. The van der Waals surface area contributed by atoms with Crippen molar-refractivity contribution < 1.29 is 18.7 Å². The van der Waals surface area contributed by atoms with Gasteiger partial charge < -0.3 is 20.1 Å². The smallest absolute Gasteiger partial charge is 0.320 e. The Kier molecular flexibility index (Phi) is 4.72. The molecule has 2 aromatic carbocycles. The van der Waals surface area contributed by atoms with Gasteiger partial charge in [-0.05, 0) is 30.5 Å². The van der Waals surface area contributed by atoms with Gasteiger partial charge >= 0.3 is 6.03 Å². The number of hydrogen-bond donors (Lipinski definition) is 2. The lowest BCUT2D eigenvalue weighted by molar-refractivity contribution is 0.247. The van der Waals surface area contributed by atoms with Crippen molar-refractivity contribution >= 4 is 23.3 Å². The van der Waals surface area contributed by atoms with Crippen LogP contribution >= 0.6 is 11.6 Å². The summed E-state index contributed by atoms with van der Waals surface area (Å²) in [6, 6.07) is 8.94. The van der Waals surface area contributed by atoms with E-state index in [1.54, 1.807) is 24.3 Å². The molecule has 2 aromatic rings. The molecule has 0 bridgehead atoms. The Morgan fingerprint density at radius 2 is 1.76 bits per heavy atom. The van der Waals surface area contributed by atoms with E-state index in [2.05, 4.69) is 10.6 Å². The first-order chi connectivity index (χ1) is 12.0. The van der Waals surface area contributed by atoms with Crippen molar-refractivity contribution in [1.82, 2.24) is 5.32 Å². The quantitative estimate of drug-likeness (QED) is 0.831. The molecule has 3 rings (SSSR count). The molecule has 7 heteroatoms. The van der Waals surface area contributed by atoms with E-state index < -0.39 is 5.54 Å². The fourth-order valence-electron chi connectivity index (χ4n) is 2.71. The summed E-state index contributed by atoms with van der Waals surface area (Å²) in [6.07, 6.45) is 1.60. The number of halogens is 2. The molecular weight excluding hydrogens is 347 g/mol. The predicted octanol–water partition coefficient (Wildman–Crippen LogP) is 4.31. The molecule has 0 aliphatic heterocycles. The maximum absolute atomic E-state index is 13.1. The largest absolute Gasteiger partial charge is 0.495 e. The zero-order valence-electron chi connectivity index (χ0n) is 13.9. The molecule has 25 heavy (non-hydrogen) atoms. The summed E-state index contributed by atoms with van der Waals surface area (Å²) >= 11 is 6.06. The minimum Gasteiger partial charge on any atom is -0.495 e. The van der Waals surface area contributed by atoms with Crippen LogP contribution in [0.3, 0.4) is 0 Å². The van der Waals surface area contributed by atoms with Gasteiger partial charge in [-0.3, -0.25) is 0 Å². The van der Waals surface area contributed by atoms with E-state index in [1.807, 2.05) is 0 Å². The lowest BCUT2D eigenvalue weighted by Crippen LogP contribution is -2.38. The minimum absolute atomic E-state index is 0.304. The standard InChI is InChI=1S/C18H18ClFN2O3/c1-24-15-10-14(16(25-2)9-13(15)19)21-17(23)22-18(7-8-18)11-3-5-12(20)6-4-11/h3-6,9-10H,7-8H2,1-2H3,(H2,21,22,23). The Bertz CT molecular complexity index is 792. The van der Waals surface area contributed by atoms with Crippen LogP contribution in [0.5, 0.6) is 11.5 Å². The van der Waals surface area contributed by atoms with Gasteiger partial charge in [0.2, 0.25) is 0 Å². The van der Waals surface area contributed by atoms with E-state index in [-0.39, 0.29) is 11.8 Å². The van der Waals surface area contributed by atoms with Crippen LogP contribution in [0.25, 0.3) is 0 Å². The topological polar surface area (TPSA) is 59.6 Å². The number of anilines is 1. The number of amides is 2. The Hall–Kier alpha value is -2.47. The molecule has 1 aliphatic carbocycles. The molecule has 2 amide bonds. The van der Waals surface area contributed by atoms with Gasteiger partial charge in [-0.15, -0.1) is 0 Å². The molecule has 0 heterocycles. The van der Waals surface area contributed by atoms with Gasteiger partial charge in [0, 0.05) is 12.1 Å². The van der Waals surface area contributed by atoms with Crippen LogP contribution in [0.4, 0.5) is 14.9 Å². The Morgan fingerprint density at radius 1 is 1.12 bits per heavy atom. The van der Waals surface area contributed by atoms with Crippen LogP contribution < -0.4 is 20.1 Å². The molecule has 5 nitrogen and oxygen atoms in total. The van der Waals surface area contributed by atoms with Crippen LogP contribution in [0.2, 0.25) is 5.02 Å². The van der Waals surface area contributed by atoms with Crippen molar-refractivity contribution in [3.63, 3.8) is 0 Å². The second kappa shape index (κ2) is 6.80. The highest BCUT2D eigenvalue weighted by Gasteiger charge is 2.45. The van der Waals surface area contributed by atoms with E-state index in [0.717, 1.165) is 18.4 Å². The Morgan fingerprint density at radius 3 is 2.32 bits per heavy atom. The number of carbonyl (C=O) groups excluding carboxylic acids is 1. The molecule has 0 aromatic heterocycles. The molecule has 0 saturated heterocycles.